The molecule has 0 radical (unpaired) electrons. The zero-order valence-corrected chi connectivity index (χ0v) is 11.0. The highest BCUT2D eigenvalue weighted by Crippen LogP contribution is 2.49. The van der Waals surface area contributed by atoms with Crippen molar-refractivity contribution in [3.63, 3.8) is 0 Å². The molecule has 1 aromatic carbocycles. The smallest absolute Gasteiger partial charge is 0.133 e. The largest absolute Gasteiger partial charge is 0.300 e. The molecule has 1 heteroatoms. The van der Waals surface area contributed by atoms with Crippen molar-refractivity contribution in [2.75, 3.05) is 0 Å². The molecule has 0 N–H and O–H groups in total. The third kappa shape index (κ3) is 2.66. The molecular weight excluding hydrogens is 220 g/mol. The summed E-state index contributed by atoms with van der Waals surface area (Å²) in [4.78, 5) is 12.0. The van der Waals surface area contributed by atoms with E-state index in [1.165, 1.54) is 31.2 Å². The van der Waals surface area contributed by atoms with Gasteiger partial charge in [-0.2, -0.15) is 0 Å². The summed E-state index contributed by atoms with van der Waals surface area (Å²) in [7, 11) is 0. The molecule has 0 saturated heterocycles. The summed E-state index contributed by atoms with van der Waals surface area (Å²) in [5, 5.41) is 0. The van der Waals surface area contributed by atoms with Gasteiger partial charge < -0.3 is 0 Å². The van der Waals surface area contributed by atoms with E-state index in [2.05, 4.69) is 24.3 Å². The fraction of sp³-hybridized carbons (Fsp3) is 0.588. The molecular formula is C17H22O. The molecule has 96 valence electrons. The van der Waals surface area contributed by atoms with Crippen LogP contribution in [0.25, 0.3) is 0 Å². The molecule has 2 fully saturated rings. The van der Waals surface area contributed by atoms with Crippen LogP contribution in [0, 0.1) is 17.8 Å². The lowest BCUT2D eigenvalue weighted by molar-refractivity contribution is -0.120. The first-order valence-corrected chi connectivity index (χ1v) is 7.37. The fourth-order valence-electron chi connectivity index (χ4n) is 3.95. The fourth-order valence-corrected chi connectivity index (χ4v) is 3.95. The van der Waals surface area contributed by atoms with Crippen LogP contribution >= 0.6 is 0 Å². The third-order valence-electron chi connectivity index (χ3n) is 4.91. The van der Waals surface area contributed by atoms with Crippen molar-refractivity contribution in [1.82, 2.24) is 0 Å². The maximum atomic E-state index is 12.0. The predicted molar refractivity (Wildman–Crippen MR) is 73.3 cm³/mol. The topological polar surface area (TPSA) is 17.1 Å². The highest BCUT2D eigenvalue weighted by Gasteiger charge is 2.39. The predicted octanol–water partition coefficient (Wildman–Crippen LogP) is 4.01. The van der Waals surface area contributed by atoms with Gasteiger partial charge >= 0.3 is 0 Å². The van der Waals surface area contributed by atoms with Crippen molar-refractivity contribution in [1.29, 1.82) is 0 Å². The number of Topliss-reactive ketones (excluding diaryl/α,β-unsaturated/α-hetero) is 1. The SMILES string of the molecule is O=C(CCc1ccccc1)CC1CC2CCC1C2. The molecule has 0 aromatic heterocycles. The Morgan fingerprint density at radius 2 is 1.94 bits per heavy atom. The normalized spacial score (nSPS) is 29.7. The third-order valence-corrected chi connectivity index (χ3v) is 4.91. The van der Waals surface area contributed by atoms with Gasteiger partial charge in [0.05, 0.1) is 0 Å². The van der Waals surface area contributed by atoms with Gasteiger partial charge in [-0.05, 0) is 49.0 Å². The Balaban J connectivity index is 1.45. The number of rotatable bonds is 5. The summed E-state index contributed by atoms with van der Waals surface area (Å²) < 4.78 is 0. The summed E-state index contributed by atoms with van der Waals surface area (Å²) >= 11 is 0. The number of ketones is 1. The molecule has 1 nitrogen and oxygen atoms in total. The van der Waals surface area contributed by atoms with E-state index in [4.69, 9.17) is 0 Å². The van der Waals surface area contributed by atoms with Crippen LogP contribution < -0.4 is 0 Å². The van der Waals surface area contributed by atoms with E-state index in [1.54, 1.807) is 0 Å². The van der Waals surface area contributed by atoms with E-state index in [0.717, 1.165) is 37.0 Å². The van der Waals surface area contributed by atoms with Gasteiger partial charge in [-0.15, -0.1) is 0 Å². The molecule has 1 aromatic rings. The number of carbonyl (C=O) groups excluding carboxylic acids is 1. The Morgan fingerprint density at radius 3 is 2.61 bits per heavy atom. The molecule has 18 heavy (non-hydrogen) atoms. The molecule has 3 unspecified atom stereocenters. The van der Waals surface area contributed by atoms with Gasteiger partial charge in [-0.25, -0.2) is 0 Å². The summed E-state index contributed by atoms with van der Waals surface area (Å²) in [6, 6.07) is 10.4. The second kappa shape index (κ2) is 5.26. The number of hydrogen-bond acceptors (Lipinski definition) is 1. The minimum Gasteiger partial charge on any atom is -0.300 e. The number of benzene rings is 1. The number of hydrogen-bond donors (Lipinski definition) is 0. The minimum atomic E-state index is 0.483. The van der Waals surface area contributed by atoms with Crippen molar-refractivity contribution >= 4 is 5.78 Å². The van der Waals surface area contributed by atoms with Crippen LogP contribution in [0.15, 0.2) is 30.3 Å². The van der Waals surface area contributed by atoms with E-state index in [0.29, 0.717) is 5.78 Å². The van der Waals surface area contributed by atoms with E-state index < -0.39 is 0 Å². The van der Waals surface area contributed by atoms with Crippen LogP contribution in [0.3, 0.4) is 0 Å². The molecule has 3 rings (SSSR count). The van der Waals surface area contributed by atoms with Crippen LogP contribution in [-0.4, -0.2) is 5.78 Å². The first-order chi connectivity index (χ1) is 8.81. The molecule has 2 aliphatic carbocycles. The Morgan fingerprint density at radius 1 is 1.11 bits per heavy atom. The van der Waals surface area contributed by atoms with Crippen molar-refractivity contribution in [3.8, 4) is 0 Å². The second-order valence-electron chi connectivity index (χ2n) is 6.16. The van der Waals surface area contributed by atoms with Crippen LogP contribution in [0.1, 0.15) is 44.1 Å². The standard InChI is InChI=1S/C17H22O/c18-17(9-7-13-4-2-1-3-5-13)12-16-11-14-6-8-15(16)10-14/h1-5,14-16H,6-12H2. The second-order valence-corrected chi connectivity index (χ2v) is 6.16. The Hall–Kier alpha value is -1.11. The number of fused-ring (bicyclic) bond motifs is 2. The summed E-state index contributed by atoms with van der Waals surface area (Å²) in [6.45, 7) is 0. The van der Waals surface area contributed by atoms with Crippen LogP contribution in [-0.2, 0) is 11.2 Å². The van der Waals surface area contributed by atoms with Crippen molar-refractivity contribution < 1.29 is 4.79 Å². The van der Waals surface area contributed by atoms with Gasteiger partial charge in [0.1, 0.15) is 5.78 Å². The van der Waals surface area contributed by atoms with Crippen LogP contribution in [0.2, 0.25) is 0 Å². The zero-order chi connectivity index (χ0) is 12.4. The first-order valence-electron chi connectivity index (χ1n) is 7.37. The molecule has 0 amide bonds. The molecule has 2 bridgehead atoms. The minimum absolute atomic E-state index is 0.483. The summed E-state index contributed by atoms with van der Waals surface area (Å²) in [6.07, 6.45) is 8.07. The van der Waals surface area contributed by atoms with Gasteiger partial charge in [0.25, 0.3) is 0 Å². The van der Waals surface area contributed by atoms with Gasteiger partial charge in [0.15, 0.2) is 0 Å². The van der Waals surface area contributed by atoms with Crippen molar-refractivity contribution in [2.24, 2.45) is 17.8 Å². The molecule has 2 saturated carbocycles. The van der Waals surface area contributed by atoms with Gasteiger partial charge in [0, 0.05) is 12.8 Å². The van der Waals surface area contributed by atoms with Gasteiger partial charge in [-0.3, -0.25) is 4.79 Å². The van der Waals surface area contributed by atoms with E-state index in [1.807, 2.05) is 6.07 Å². The van der Waals surface area contributed by atoms with Crippen molar-refractivity contribution in [2.45, 2.75) is 44.9 Å². The lowest BCUT2D eigenvalue weighted by Crippen LogP contribution is -2.15. The Kier molecular flexibility index (Phi) is 3.49. The van der Waals surface area contributed by atoms with E-state index >= 15 is 0 Å². The molecule has 0 heterocycles. The summed E-state index contributed by atoms with van der Waals surface area (Å²) in [5.41, 5.74) is 1.29. The average Bonchev–Trinajstić information content (AvgIpc) is 3.00. The highest BCUT2D eigenvalue weighted by molar-refractivity contribution is 5.79. The highest BCUT2D eigenvalue weighted by atomic mass is 16.1. The van der Waals surface area contributed by atoms with Crippen LogP contribution in [0.4, 0.5) is 0 Å². The van der Waals surface area contributed by atoms with E-state index in [-0.39, 0.29) is 0 Å². The van der Waals surface area contributed by atoms with E-state index in [9.17, 15) is 4.79 Å². The Labute approximate surface area is 110 Å². The average molecular weight is 242 g/mol. The summed E-state index contributed by atoms with van der Waals surface area (Å²) in [5.74, 6) is 3.06. The maximum Gasteiger partial charge on any atom is 0.133 e. The molecule has 0 spiro atoms. The molecule has 2 aliphatic rings. The molecule has 3 atom stereocenters. The number of carbonyl (C=O) groups is 1. The lowest BCUT2D eigenvalue weighted by atomic mass is 9.84. The van der Waals surface area contributed by atoms with Crippen molar-refractivity contribution in [3.05, 3.63) is 35.9 Å². The number of aryl methyl sites for hydroxylation is 1. The quantitative estimate of drug-likeness (QED) is 0.762. The maximum absolute atomic E-state index is 12.0. The molecule has 0 aliphatic heterocycles. The Bertz CT molecular complexity index is 409. The first kappa shape index (κ1) is 12.0. The van der Waals surface area contributed by atoms with Gasteiger partial charge in [0.2, 0.25) is 0 Å². The monoisotopic (exact) mass is 242 g/mol. The lowest BCUT2D eigenvalue weighted by Gasteiger charge is -2.20. The van der Waals surface area contributed by atoms with Gasteiger partial charge in [-0.1, -0.05) is 36.8 Å². The van der Waals surface area contributed by atoms with Crippen LogP contribution in [0.5, 0.6) is 0 Å². The zero-order valence-electron chi connectivity index (χ0n) is 11.0.